The maximum absolute atomic E-state index is 12.2. The van der Waals surface area contributed by atoms with Gasteiger partial charge in [0.05, 0.1) is 6.54 Å². The number of aryl methyl sites for hydroxylation is 2. The van der Waals surface area contributed by atoms with Gasteiger partial charge in [-0.25, -0.2) is 0 Å². The minimum atomic E-state index is -0.576. The van der Waals surface area contributed by atoms with Crippen molar-refractivity contribution < 1.29 is 14.3 Å². The van der Waals surface area contributed by atoms with Crippen molar-refractivity contribution in [2.45, 2.75) is 26.9 Å². The van der Waals surface area contributed by atoms with Crippen molar-refractivity contribution >= 4 is 16.7 Å². The van der Waals surface area contributed by atoms with Gasteiger partial charge in [-0.2, -0.15) is 0 Å². The van der Waals surface area contributed by atoms with Gasteiger partial charge >= 0.3 is 0 Å². The average Bonchev–Trinajstić information content (AvgIpc) is 2.67. The Hall–Kier alpha value is -3.01. The van der Waals surface area contributed by atoms with Crippen LogP contribution in [0.2, 0.25) is 0 Å². The number of rotatable bonds is 7. The molecular formula is C23H25NO3. The molecule has 140 valence electrons. The molecule has 0 aliphatic heterocycles. The van der Waals surface area contributed by atoms with Crippen LogP contribution in [0.1, 0.15) is 18.1 Å². The quantitative estimate of drug-likeness (QED) is 0.632. The number of benzene rings is 3. The Morgan fingerprint density at radius 3 is 2.44 bits per heavy atom. The summed E-state index contributed by atoms with van der Waals surface area (Å²) in [4.78, 5) is 12.2. The molecule has 0 heterocycles. The zero-order chi connectivity index (χ0) is 19.2. The fraction of sp³-hybridized carbons (Fsp3) is 0.261. The third-order valence-corrected chi connectivity index (χ3v) is 4.55. The smallest absolute Gasteiger partial charge is 0.260 e. The van der Waals surface area contributed by atoms with Gasteiger partial charge in [0.15, 0.2) is 6.10 Å². The van der Waals surface area contributed by atoms with Crippen LogP contribution in [0.3, 0.4) is 0 Å². The molecule has 0 saturated carbocycles. The van der Waals surface area contributed by atoms with Crippen LogP contribution >= 0.6 is 0 Å². The summed E-state index contributed by atoms with van der Waals surface area (Å²) in [6, 6.07) is 19.9. The number of carbonyl (C=O) groups excluding carboxylic acids is 1. The van der Waals surface area contributed by atoms with Crippen LogP contribution in [0, 0.1) is 13.8 Å². The summed E-state index contributed by atoms with van der Waals surface area (Å²) in [5, 5.41) is 5.08. The van der Waals surface area contributed by atoms with Gasteiger partial charge in [0.1, 0.15) is 18.1 Å². The van der Waals surface area contributed by atoms with Crippen molar-refractivity contribution in [1.82, 2.24) is 5.32 Å². The molecule has 0 aliphatic carbocycles. The van der Waals surface area contributed by atoms with Crippen LogP contribution in [-0.4, -0.2) is 25.2 Å². The maximum atomic E-state index is 12.2. The highest BCUT2D eigenvalue weighted by molar-refractivity contribution is 5.84. The SMILES string of the molecule is Cc1ccc(OCCNC(=O)[C@@H](C)Oc2ccc3ccccc3c2)cc1C. The second-order valence-corrected chi connectivity index (χ2v) is 6.65. The van der Waals surface area contributed by atoms with Gasteiger partial charge in [-0.15, -0.1) is 0 Å². The molecule has 1 atom stereocenters. The van der Waals surface area contributed by atoms with Crippen LogP contribution in [0.5, 0.6) is 11.5 Å². The van der Waals surface area contributed by atoms with Crippen molar-refractivity contribution in [3.63, 3.8) is 0 Å². The zero-order valence-electron chi connectivity index (χ0n) is 16.0. The molecule has 27 heavy (non-hydrogen) atoms. The summed E-state index contributed by atoms with van der Waals surface area (Å²) in [5.41, 5.74) is 2.42. The Bertz CT molecular complexity index is 936. The summed E-state index contributed by atoms with van der Waals surface area (Å²) < 4.78 is 11.5. The van der Waals surface area contributed by atoms with E-state index in [1.165, 1.54) is 11.1 Å². The van der Waals surface area contributed by atoms with E-state index in [1.807, 2.05) is 60.7 Å². The predicted molar refractivity (Wildman–Crippen MR) is 108 cm³/mol. The molecule has 0 aromatic heterocycles. The molecule has 1 amide bonds. The molecule has 4 nitrogen and oxygen atoms in total. The number of nitrogens with one attached hydrogen (secondary N) is 1. The van der Waals surface area contributed by atoms with Gasteiger partial charge in [0, 0.05) is 0 Å². The highest BCUT2D eigenvalue weighted by atomic mass is 16.5. The molecule has 0 radical (unpaired) electrons. The van der Waals surface area contributed by atoms with Crippen LogP contribution < -0.4 is 14.8 Å². The van der Waals surface area contributed by atoms with Crippen LogP contribution in [-0.2, 0) is 4.79 Å². The van der Waals surface area contributed by atoms with E-state index in [-0.39, 0.29) is 5.91 Å². The molecule has 0 unspecified atom stereocenters. The summed E-state index contributed by atoms with van der Waals surface area (Å²) in [7, 11) is 0. The average molecular weight is 363 g/mol. The molecule has 0 spiro atoms. The van der Waals surface area contributed by atoms with E-state index in [4.69, 9.17) is 9.47 Å². The lowest BCUT2D eigenvalue weighted by Gasteiger charge is -2.15. The van der Waals surface area contributed by atoms with E-state index in [2.05, 4.69) is 19.2 Å². The Morgan fingerprint density at radius 2 is 1.67 bits per heavy atom. The van der Waals surface area contributed by atoms with Gasteiger partial charge < -0.3 is 14.8 Å². The molecule has 3 aromatic carbocycles. The Morgan fingerprint density at radius 1 is 0.926 bits per heavy atom. The minimum absolute atomic E-state index is 0.160. The van der Waals surface area contributed by atoms with Gasteiger partial charge in [0.2, 0.25) is 0 Å². The first-order valence-electron chi connectivity index (χ1n) is 9.16. The van der Waals surface area contributed by atoms with Gasteiger partial charge in [0.25, 0.3) is 5.91 Å². The van der Waals surface area contributed by atoms with E-state index < -0.39 is 6.10 Å². The lowest BCUT2D eigenvalue weighted by Crippen LogP contribution is -2.38. The van der Waals surface area contributed by atoms with Crippen LogP contribution in [0.15, 0.2) is 60.7 Å². The second-order valence-electron chi connectivity index (χ2n) is 6.65. The standard InChI is InChI=1S/C23H25NO3/c1-16-8-10-21(14-17(16)2)26-13-12-24-23(25)18(3)27-22-11-9-19-6-4-5-7-20(19)15-22/h4-11,14-15,18H,12-13H2,1-3H3,(H,24,25)/t18-/m1/s1. The molecule has 0 bridgehead atoms. The third kappa shape index (κ3) is 5.00. The molecule has 3 rings (SSSR count). The second kappa shape index (κ2) is 8.58. The van der Waals surface area contributed by atoms with Crippen LogP contribution in [0.4, 0.5) is 0 Å². The maximum Gasteiger partial charge on any atom is 0.260 e. The normalized spacial score (nSPS) is 11.8. The first-order chi connectivity index (χ1) is 13.0. The Labute approximate surface area is 160 Å². The lowest BCUT2D eigenvalue weighted by molar-refractivity contribution is -0.127. The van der Waals surface area contributed by atoms with E-state index >= 15 is 0 Å². The molecule has 0 fully saturated rings. The van der Waals surface area contributed by atoms with Gasteiger partial charge in [-0.3, -0.25) is 4.79 Å². The largest absolute Gasteiger partial charge is 0.492 e. The summed E-state index contributed by atoms with van der Waals surface area (Å²) in [5.74, 6) is 1.34. The van der Waals surface area contributed by atoms with Gasteiger partial charge in [-0.1, -0.05) is 36.4 Å². The van der Waals surface area contributed by atoms with Crippen molar-refractivity contribution in [2.75, 3.05) is 13.2 Å². The third-order valence-electron chi connectivity index (χ3n) is 4.55. The Kier molecular flexibility index (Phi) is 5.97. The first kappa shape index (κ1) is 18.8. The number of amides is 1. The van der Waals surface area contributed by atoms with E-state index in [0.717, 1.165) is 16.5 Å². The first-order valence-corrected chi connectivity index (χ1v) is 9.16. The van der Waals surface area contributed by atoms with E-state index in [9.17, 15) is 4.79 Å². The summed E-state index contributed by atoms with van der Waals surface area (Å²) in [6.07, 6.45) is -0.576. The number of carbonyl (C=O) groups is 1. The number of fused-ring (bicyclic) bond motifs is 1. The van der Waals surface area contributed by atoms with Crippen molar-refractivity contribution in [3.05, 3.63) is 71.8 Å². The molecule has 0 saturated heterocycles. The fourth-order valence-electron chi connectivity index (χ4n) is 2.79. The molecule has 1 N–H and O–H groups in total. The highest BCUT2D eigenvalue weighted by Crippen LogP contribution is 2.21. The van der Waals surface area contributed by atoms with Crippen molar-refractivity contribution in [1.29, 1.82) is 0 Å². The van der Waals surface area contributed by atoms with E-state index in [1.54, 1.807) is 6.92 Å². The predicted octanol–water partition coefficient (Wildman–Crippen LogP) is 4.42. The molecule has 3 aromatic rings. The number of ether oxygens (including phenoxy) is 2. The molecule has 4 heteroatoms. The number of hydrogen-bond acceptors (Lipinski definition) is 3. The number of hydrogen-bond donors (Lipinski definition) is 1. The van der Waals surface area contributed by atoms with Gasteiger partial charge in [-0.05, 0) is 66.9 Å². The molecule has 0 aliphatic rings. The highest BCUT2D eigenvalue weighted by Gasteiger charge is 2.14. The zero-order valence-corrected chi connectivity index (χ0v) is 16.0. The summed E-state index contributed by atoms with van der Waals surface area (Å²) >= 11 is 0. The monoisotopic (exact) mass is 363 g/mol. The van der Waals surface area contributed by atoms with E-state index in [0.29, 0.717) is 18.9 Å². The fourth-order valence-corrected chi connectivity index (χ4v) is 2.79. The Balaban J connectivity index is 1.46. The molecular weight excluding hydrogens is 338 g/mol. The van der Waals surface area contributed by atoms with Crippen molar-refractivity contribution in [2.24, 2.45) is 0 Å². The summed E-state index contributed by atoms with van der Waals surface area (Å²) in [6.45, 7) is 6.70. The minimum Gasteiger partial charge on any atom is -0.492 e. The topological polar surface area (TPSA) is 47.6 Å². The van der Waals surface area contributed by atoms with Crippen LogP contribution in [0.25, 0.3) is 10.8 Å². The van der Waals surface area contributed by atoms with Crippen molar-refractivity contribution in [3.8, 4) is 11.5 Å². The lowest BCUT2D eigenvalue weighted by atomic mass is 10.1.